The molecule has 0 aliphatic rings. The Bertz CT molecular complexity index is 693. The molecule has 1 N–H and O–H groups in total. The summed E-state index contributed by atoms with van der Waals surface area (Å²) in [5, 5.41) is 13.2. The van der Waals surface area contributed by atoms with Crippen molar-refractivity contribution >= 4 is 40.6 Å². The van der Waals surface area contributed by atoms with E-state index in [2.05, 4.69) is 15.3 Å². The van der Waals surface area contributed by atoms with Gasteiger partial charge in [0.05, 0.1) is 15.5 Å². The van der Waals surface area contributed by atoms with Crippen LogP contribution in [0.15, 0.2) is 30.6 Å². The second-order valence-corrected chi connectivity index (χ2v) is 4.40. The largest absolute Gasteiger partial charge is 0.306 e. The van der Waals surface area contributed by atoms with Crippen molar-refractivity contribution in [2.45, 2.75) is 0 Å². The van der Waals surface area contributed by atoms with Crippen LogP contribution in [0.4, 0.5) is 11.5 Å². The fourth-order valence-corrected chi connectivity index (χ4v) is 1.79. The summed E-state index contributed by atoms with van der Waals surface area (Å²) in [5.74, 6) is -0.357. The van der Waals surface area contributed by atoms with Crippen LogP contribution in [-0.4, -0.2) is 20.8 Å². The Morgan fingerprint density at radius 3 is 2.60 bits per heavy atom. The van der Waals surface area contributed by atoms with Gasteiger partial charge in [0, 0.05) is 18.2 Å². The van der Waals surface area contributed by atoms with Crippen LogP contribution in [0.2, 0.25) is 10.2 Å². The lowest BCUT2D eigenvalue weighted by Crippen LogP contribution is -2.13. The number of rotatable bonds is 3. The molecule has 2 aromatic rings. The van der Waals surface area contributed by atoms with Crippen LogP contribution in [0.3, 0.4) is 0 Å². The van der Waals surface area contributed by atoms with E-state index in [4.69, 9.17) is 23.2 Å². The predicted octanol–water partition coefficient (Wildman–Crippen LogP) is 2.94. The van der Waals surface area contributed by atoms with Crippen molar-refractivity contribution in [2.24, 2.45) is 0 Å². The molecule has 102 valence electrons. The van der Waals surface area contributed by atoms with E-state index >= 15 is 0 Å². The minimum absolute atomic E-state index is 0.0307. The number of benzene rings is 1. The average molecular weight is 313 g/mol. The quantitative estimate of drug-likeness (QED) is 0.533. The fraction of sp³-hybridized carbons (Fsp3) is 0. The Hall–Kier alpha value is -2.25. The standard InChI is InChI=1S/C11H6Cl2N4O3/c12-8-3-6(17(19)20)1-2-7(8)11(18)16-10-4-9(13)14-5-15-10/h1-5H,(H,14,15,16,18). The van der Waals surface area contributed by atoms with Crippen LogP contribution in [0, 0.1) is 10.1 Å². The van der Waals surface area contributed by atoms with Crippen LogP contribution in [0.1, 0.15) is 10.4 Å². The summed E-state index contributed by atoms with van der Waals surface area (Å²) in [5.41, 5.74) is -0.108. The molecule has 0 bridgehead atoms. The number of hydrogen-bond donors (Lipinski definition) is 1. The molecular weight excluding hydrogens is 307 g/mol. The number of nitro benzene ring substituents is 1. The molecule has 1 aromatic carbocycles. The smallest absolute Gasteiger partial charge is 0.270 e. The Morgan fingerprint density at radius 2 is 2.00 bits per heavy atom. The number of halogens is 2. The maximum absolute atomic E-state index is 12.0. The number of carbonyl (C=O) groups is 1. The highest BCUT2D eigenvalue weighted by Crippen LogP contribution is 2.23. The topological polar surface area (TPSA) is 98.0 Å². The van der Waals surface area contributed by atoms with Crippen LogP contribution in [0.5, 0.6) is 0 Å². The van der Waals surface area contributed by atoms with Gasteiger partial charge in [0.1, 0.15) is 17.3 Å². The number of nitrogens with one attached hydrogen (secondary N) is 1. The van der Waals surface area contributed by atoms with Crippen LogP contribution in [0.25, 0.3) is 0 Å². The summed E-state index contributed by atoms with van der Waals surface area (Å²) in [6, 6.07) is 4.91. The van der Waals surface area contributed by atoms with Gasteiger partial charge < -0.3 is 5.32 Å². The monoisotopic (exact) mass is 312 g/mol. The molecule has 0 saturated carbocycles. The molecule has 0 atom stereocenters. The third-order valence-electron chi connectivity index (χ3n) is 2.28. The van der Waals surface area contributed by atoms with Gasteiger partial charge >= 0.3 is 0 Å². The first-order chi connectivity index (χ1) is 9.47. The molecule has 0 aliphatic heterocycles. The molecule has 1 aromatic heterocycles. The molecular formula is C11H6Cl2N4O3. The summed E-state index contributed by atoms with van der Waals surface area (Å²) in [6.45, 7) is 0. The molecule has 20 heavy (non-hydrogen) atoms. The predicted molar refractivity (Wildman–Crippen MR) is 73.1 cm³/mol. The molecule has 7 nitrogen and oxygen atoms in total. The van der Waals surface area contributed by atoms with E-state index in [9.17, 15) is 14.9 Å². The molecule has 0 aliphatic carbocycles. The second-order valence-electron chi connectivity index (χ2n) is 3.60. The van der Waals surface area contributed by atoms with Crippen molar-refractivity contribution in [1.82, 2.24) is 9.97 Å². The minimum Gasteiger partial charge on any atom is -0.306 e. The average Bonchev–Trinajstić information content (AvgIpc) is 2.38. The third kappa shape index (κ3) is 3.19. The first kappa shape index (κ1) is 14.2. The van der Waals surface area contributed by atoms with Crippen molar-refractivity contribution < 1.29 is 9.72 Å². The van der Waals surface area contributed by atoms with Crippen molar-refractivity contribution in [3.8, 4) is 0 Å². The Morgan fingerprint density at radius 1 is 1.25 bits per heavy atom. The molecule has 0 saturated heterocycles. The Labute approximate surface area is 122 Å². The zero-order valence-electron chi connectivity index (χ0n) is 9.71. The van der Waals surface area contributed by atoms with Gasteiger partial charge in [-0.15, -0.1) is 0 Å². The van der Waals surface area contributed by atoms with Crippen molar-refractivity contribution in [3.63, 3.8) is 0 Å². The number of carbonyl (C=O) groups excluding carboxylic acids is 1. The summed E-state index contributed by atoms with van der Waals surface area (Å²) in [6.07, 6.45) is 1.19. The highest BCUT2D eigenvalue weighted by atomic mass is 35.5. The number of anilines is 1. The van der Waals surface area contributed by atoms with Gasteiger partial charge in [0.15, 0.2) is 0 Å². The number of aromatic nitrogens is 2. The first-order valence-corrected chi connectivity index (χ1v) is 5.96. The third-order valence-corrected chi connectivity index (χ3v) is 2.80. The minimum atomic E-state index is -0.599. The van der Waals surface area contributed by atoms with Gasteiger partial charge in [-0.1, -0.05) is 23.2 Å². The van der Waals surface area contributed by atoms with Gasteiger partial charge in [0.2, 0.25) is 0 Å². The van der Waals surface area contributed by atoms with E-state index in [-0.39, 0.29) is 27.2 Å². The van der Waals surface area contributed by atoms with Crippen molar-refractivity contribution in [3.05, 3.63) is 56.4 Å². The lowest BCUT2D eigenvalue weighted by atomic mass is 10.2. The van der Waals surface area contributed by atoms with Gasteiger partial charge in [-0.3, -0.25) is 14.9 Å². The fourth-order valence-electron chi connectivity index (χ4n) is 1.39. The van der Waals surface area contributed by atoms with Gasteiger partial charge in [-0.05, 0) is 6.07 Å². The number of non-ortho nitro benzene ring substituents is 1. The molecule has 9 heteroatoms. The van der Waals surface area contributed by atoms with E-state index in [0.29, 0.717) is 0 Å². The molecule has 0 fully saturated rings. The van der Waals surface area contributed by atoms with E-state index in [1.165, 1.54) is 24.5 Å². The molecule has 0 radical (unpaired) electrons. The van der Waals surface area contributed by atoms with Gasteiger partial charge in [0.25, 0.3) is 11.6 Å². The van der Waals surface area contributed by atoms with E-state index < -0.39 is 10.8 Å². The lowest BCUT2D eigenvalue weighted by Gasteiger charge is -2.05. The van der Waals surface area contributed by atoms with Gasteiger partial charge in [-0.25, -0.2) is 9.97 Å². The zero-order valence-corrected chi connectivity index (χ0v) is 11.2. The first-order valence-electron chi connectivity index (χ1n) is 5.20. The van der Waals surface area contributed by atoms with Crippen LogP contribution in [-0.2, 0) is 0 Å². The molecule has 2 rings (SSSR count). The maximum Gasteiger partial charge on any atom is 0.270 e. The molecule has 1 heterocycles. The summed E-state index contributed by atoms with van der Waals surface area (Å²) >= 11 is 11.5. The van der Waals surface area contributed by atoms with Crippen LogP contribution < -0.4 is 5.32 Å². The lowest BCUT2D eigenvalue weighted by molar-refractivity contribution is -0.384. The Kier molecular flexibility index (Phi) is 4.11. The molecule has 1 amide bonds. The highest BCUT2D eigenvalue weighted by Gasteiger charge is 2.15. The molecule has 0 unspecified atom stereocenters. The number of hydrogen-bond acceptors (Lipinski definition) is 5. The van der Waals surface area contributed by atoms with Crippen molar-refractivity contribution in [1.29, 1.82) is 0 Å². The van der Waals surface area contributed by atoms with Gasteiger partial charge in [-0.2, -0.15) is 0 Å². The van der Waals surface area contributed by atoms with Crippen LogP contribution >= 0.6 is 23.2 Å². The molecule has 0 spiro atoms. The van der Waals surface area contributed by atoms with Crippen molar-refractivity contribution in [2.75, 3.05) is 5.32 Å². The summed E-state index contributed by atoms with van der Waals surface area (Å²) in [4.78, 5) is 29.4. The van der Waals surface area contributed by atoms with E-state index in [1.807, 2.05) is 0 Å². The highest BCUT2D eigenvalue weighted by molar-refractivity contribution is 6.34. The number of nitrogens with zero attached hydrogens (tertiary/aromatic N) is 3. The normalized spacial score (nSPS) is 10.1. The Balaban J connectivity index is 2.23. The number of amides is 1. The SMILES string of the molecule is O=C(Nc1cc(Cl)ncn1)c1ccc([N+](=O)[O-])cc1Cl. The van der Waals surface area contributed by atoms with E-state index in [0.717, 1.165) is 6.07 Å². The zero-order chi connectivity index (χ0) is 14.7. The summed E-state index contributed by atoms with van der Waals surface area (Å²) in [7, 11) is 0. The second kappa shape index (κ2) is 5.81. The van der Waals surface area contributed by atoms with E-state index in [1.54, 1.807) is 0 Å². The number of nitro groups is 1. The summed E-state index contributed by atoms with van der Waals surface area (Å²) < 4.78 is 0. The maximum atomic E-state index is 12.0.